The number of hydrogen-bond acceptors (Lipinski definition) is 5. The van der Waals surface area contributed by atoms with Gasteiger partial charge in [0.05, 0.1) is 0 Å². The van der Waals surface area contributed by atoms with Gasteiger partial charge in [-0.3, -0.25) is 9.78 Å². The summed E-state index contributed by atoms with van der Waals surface area (Å²) < 4.78 is 11.7. The van der Waals surface area contributed by atoms with Crippen LogP contribution in [0.5, 0.6) is 5.75 Å². The van der Waals surface area contributed by atoms with E-state index in [4.69, 9.17) is 9.15 Å². The van der Waals surface area contributed by atoms with Crippen molar-refractivity contribution in [3.63, 3.8) is 0 Å². The van der Waals surface area contributed by atoms with Gasteiger partial charge >= 0.3 is 5.63 Å². The zero-order valence-corrected chi connectivity index (χ0v) is 17.6. The molecule has 0 fully saturated rings. The number of nitrogens with zero attached hydrogens (tertiary/aromatic N) is 1. The van der Waals surface area contributed by atoms with Gasteiger partial charge in [-0.2, -0.15) is 0 Å². The Hall–Kier alpha value is -3.15. The van der Waals surface area contributed by atoms with Gasteiger partial charge in [0.1, 0.15) is 16.9 Å². The smallest absolute Gasteiger partial charge is 0.339 e. The van der Waals surface area contributed by atoms with Crippen LogP contribution in [-0.4, -0.2) is 16.5 Å². The fourth-order valence-corrected chi connectivity index (χ4v) is 3.86. The van der Waals surface area contributed by atoms with Gasteiger partial charge < -0.3 is 14.5 Å². The fourth-order valence-electron chi connectivity index (χ4n) is 3.86. The van der Waals surface area contributed by atoms with Crippen molar-refractivity contribution in [1.82, 2.24) is 10.3 Å². The van der Waals surface area contributed by atoms with E-state index >= 15 is 0 Å². The molecule has 0 unspecified atom stereocenters. The summed E-state index contributed by atoms with van der Waals surface area (Å²) in [5.41, 5.74) is 3.39. The Balaban J connectivity index is 1.52. The number of carbonyl (C=O) groups excluding carboxylic acids is 1. The first-order valence-corrected chi connectivity index (χ1v) is 10.3. The molecular weight excluding hydrogens is 380 g/mol. The summed E-state index contributed by atoms with van der Waals surface area (Å²) in [5.74, 6) is 0.669. The van der Waals surface area contributed by atoms with Crippen molar-refractivity contribution in [3.8, 4) is 5.75 Å². The lowest BCUT2D eigenvalue weighted by Gasteiger charge is -2.32. The maximum Gasteiger partial charge on any atom is 0.339 e. The molecule has 0 atom stereocenters. The number of pyridine rings is 1. The van der Waals surface area contributed by atoms with E-state index in [-0.39, 0.29) is 17.9 Å². The second-order valence-electron chi connectivity index (χ2n) is 8.45. The Morgan fingerprint density at radius 2 is 2.13 bits per heavy atom. The average Bonchev–Trinajstić information content (AvgIpc) is 2.71. The normalized spacial score (nSPS) is 14.8. The van der Waals surface area contributed by atoms with E-state index < -0.39 is 5.63 Å². The number of ether oxygens (including phenoxy) is 1. The van der Waals surface area contributed by atoms with E-state index in [1.165, 1.54) is 0 Å². The van der Waals surface area contributed by atoms with E-state index in [9.17, 15) is 9.59 Å². The van der Waals surface area contributed by atoms with Gasteiger partial charge in [0, 0.05) is 42.4 Å². The summed E-state index contributed by atoms with van der Waals surface area (Å²) in [6, 6.07) is 7.62. The minimum Gasteiger partial charge on any atom is -0.487 e. The van der Waals surface area contributed by atoms with Crippen LogP contribution in [0.4, 0.5) is 0 Å². The first-order chi connectivity index (χ1) is 14.3. The van der Waals surface area contributed by atoms with Crippen molar-refractivity contribution in [3.05, 3.63) is 69.3 Å². The largest absolute Gasteiger partial charge is 0.487 e. The summed E-state index contributed by atoms with van der Waals surface area (Å²) in [6.07, 6.45) is 5.82. The molecule has 2 aromatic heterocycles. The standard InChI is InChI=1S/C24H26N2O4/c1-15-18(6-7-22(27)26-14-16-5-4-10-25-13-16)23(28)29-21-12-20-17(11-19(15)21)8-9-24(2,3)30-20/h4-5,10-13H,6-9,14H2,1-3H3,(H,26,27). The number of hydrogen-bond donors (Lipinski definition) is 1. The zero-order valence-electron chi connectivity index (χ0n) is 17.6. The second-order valence-corrected chi connectivity index (χ2v) is 8.45. The van der Waals surface area contributed by atoms with Crippen LogP contribution in [0.25, 0.3) is 11.0 Å². The Labute approximate surface area is 175 Å². The van der Waals surface area contributed by atoms with Gasteiger partial charge in [0.15, 0.2) is 0 Å². The number of nitrogens with one attached hydrogen (secondary N) is 1. The SMILES string of the molecule is Cc1c(CCC(=O)NCc2cccnc2)c(=O)oc2cc3c(cc12)CCC(C)(C)O3. The van der Waals surface area contributed by atoms with Crippen LogP contribution < -0.4 is 15.7 Å². The predicted octanol–water partition coefficient (Wildman–Crippen LogP) is 3.85. The van der Waals surface area contributed by atoms with E-state index in [2.05, 4.69) is 30.2 Å². The molecule has 4 rings (SSSR count). The van der Waals surface area contributed by atoms with Gasteiger partial charge in [0.2, 0.25) is 5.91 Å². The third-order valence-electron chi connectivity index (χ3n) is 5.67. The molecule has 1 aliphatic heterocycles. The van der Waals surface area contributed by atoms with E-state index in [1.807, 2.05) is 25.1 Å². The molecular formula is C24H26N2O4. The highest BCUT2D eigenvalue weighted by molar-refractivity contribution is 5.84. The summed E-state index contributed by atoms with van der Waals surface area (Å²) in [5, 5.41) is 3.77. The van der Waals surface area contributed by atoms with Crippen LogP contribution in [0.15, 0.2) is 45.9 Å². The molecule has 3 aromatic rings. The molecule has 1 N–H and O–H groups in total. The molecule has 6 nitrogen and oxygen atoms in total. The Morgan fingerprint density at radius 3 is 2.90 bits per heavy atom. The first kappa shape index (κ1) is 20.1. The second kappa shape index (κ2) is 7.94. The molecule has 1 aliphatic rings. The summed E-state index contributed by atoms with van der Waals surface area (Å²) in [6.45, 7) is 6.45. The van der Waals surface area contributed by atoms with Gasteiger partial charge in [-0.15, -0.1) is 0 Å². The van der Waals surface area contributed by atoms with E-state index in [0.29, 0.717) is 24.1 Å². The molecule has 6 heteroatoms. The molecule has 1 amide bonds. The van der Waals surface area contributed by atoms with Crippen LogP contribution in [0, 0.1) is 6.92 Å². The van der Waals surface area contributed by atoms with Crippen LogP contribution in [0.2, 0.25) is 0 Å². The van der Waals surface area contributed by atoms with Gasteiger partial charge in [-0.25, -0.2) is 4.79 Å². The Kier molecular flexibility index (Phi) is 5.33. The summed E-state index contributed by atoms with van der Waals surface area (Å²) >= 11 is 0. The first-order valence-electron chi connectivity index (χ1n) is 10.3. The molecule has 0 bridgehead atoms. The van der Waals surface area contributed by atoms with Crippen molar-refractivity contribution >= 4 is 16.9 Å². The lowest BCUT2D eigenvalue weighted by atomic mass is 9.92. The predicted molar refractivity (Wildman–Crippen MR) is 115 cm³/mol. The van der Waals surface area contributed by atoms with Gasteiger partial charge in [-0.1, -0.05) is 6.07 Å². The maximum atomic E-state index is 12.6. The maximum absolute atomic E-state index is 12.6. The number of aromatic nitrogens is 1. The lowest BCUT2D eigenvalue weighted by molar-refractivity contribution is -0.121. The lowest BCUT2D eigenvalue weighted by Crippen LogP contribution is -2.32. The van der Waals surface area contributed by atoms with Crippen molar-refractivity contribution in [2.45, 2.75) is 58.6 Å². The quantitative estimate of drug-likeness (QED) is 0.651. The monoisotopic (exact) mass is 406 g/mol. The van der Waals surface area contributed by atoms with Crippen LogP contribution >= 0.6 is 0 Å². The number of rotatable bonds is 5. The van der Waals surface area contributed by atoms with Crippen LogP contribution in [-0.2, 0) is 24.2 Å². The third-order valence-corrected chi connectivity index (χ3v) is 5.67. The molecule has 0 radical (unpaired) electrons. The Bertz CT molecular complexity index is 1150. The van der Waals surface area contributed by atoms with E-state index in [0.717, 1.165) is 40.7 Å². The minimum absolute atomic E-state index is 0.112. The van der Waals surface area contributed by atoms with Crippen molar-refractivity contribution in [1.29, 1.82) is 0 Å². The summed E-state index contributed by atoms with van der Waals surface area (Å²) in [7, 11) is 0. The molecule has 156 valence electrons. The van der Waals surface area contributed by atoms with Gasteiger partial charge in [-0.05, 0) is 68.9 Å². The Morgan fingerprint density at radius 1 is 1.30 bits per heavy atom. The number of benzene rings is 1. The number of aryl methyl sites for hydroxylation is 2. The number of amides is 1. The van der Waals surface area contributed by atoms with Crippen LogP contribution in [0.3, 0.4) is 0 Å². The van der Waals surface area contributed by atoms with Crippen molar-refractivity contribution < 1.29 is 13.9 Å². The molecule has 0 spiro atoms. The summed E-state index contributed by atoms with van der Waals surface area (Å²) in [4.78, 5) is 28.9. The van der Waals surface area contributed by atoms with Crippen LogP contribution in [0.1, 0.15) is 48.9 Å². The molecule has 1 aromatic carbocycles. The molecule has 0 saturated heterocycles. The van der Waals surface area contributed by atoms with Crippen molar-refractivity contribution in [2.24, 2.45) is 0 Å². The highest BCUT2D eigenvalue weighted by Crippen LogP contribution is 2.36. The fraction of sp³-hybridized carbons (Fsp3) is 0.375. The third kappa shape index (κ3) is 4.22. The minimum atomic E-state index is -0.393. The van der Waals surface area contributed by atoms with Crippen molar-refractivity contribution in [2.75, 3.05) is 0 Å². The van der Waals surface area contributed by atoms with E-state index in [1.54, 1.807) is 12.4 Å². The molecule has 0 saturated carbocycles. The van der Waals surface area contributed by atoms with Gasteiger partial charge in [0.25, 0.3) is 0 Å². The number of fused-ring (bicyclic) bond motifs is 2. The molecule has 30 heavy (non-hydrogen) atoms. The average molecular weight is 406 g/mol. The zero-order chi connectivity index (χ0) is 21.3. The highest BCUT2D eigenvalue weighted by Gasteiger charge is 2.27. The molecule has 0 aliphatic carbocycles. The molecule has 3 heterocycles. The number of carbonyl (C=O) groups is 1. The topological polar surface area (TPSA) is 81.4 Å². The highest BCUT2D eigenvalue weighted by atomic mass is 16.5.